The second-order valence-electron chi connectivity index (χ2n) is 3.71. The number of esters is 1. The van der Waals surface area contributed by atoms with Crippen LogP contribution in [0.3, 0.4) is 0 Å². The highest BCUT2D eigenvalue weighted by Gasteiger charge is 2.08. The maximum atomic E-state index is 12.9. The number of ether oxygens (including phenoxy) is 1. The summed E-state index contributed by atoms with van der Waals surface area (Å²) >= 11 is 0. The Bertz CT molecular complexity index is 600. The zero-order chi connectivity index (χ0) is 13.8. The van der Waals surface area contributed by atoms with Crippen LogP contribution in [0.25, 0.3) is 0 Å². The number of anilines is 1. The molecule has 0 unspecified atom stereocenters. The van der Waals surface area contributed by atoms with E-state index in [1.807, 2.05) is 0 Å². The third-order valence-electron chi connectivity index (χ3n) is 2.23. The van der Waals surface area contributed by atoms with E-state index in [1.54, 1.807) is 0 Å². The molecular formula is C11H10F2N4O2. The molecule has 1 heterocycles. The average molecular weight is 268 g/mol. The first-order chi connectivity index (χ1) is 9.04. The van der Waals surface area contributed by atoms with Crippen LogP contribution < -0.4 is 5.73 Å². The lowest BCUT2D eigenvalue weighted by atomic mass is 10.2. The smallest absolute Gasteiger partial charge is 0.328 e. The maximum absolute atomic E-state index is 12.9. The van der Waals surface area contributed by atoms with Crippen LogP contribution in [0.15, 0.2) is 24.5 Å². The third-order valence-corrected chi connectivity index (χ3v) is 2.23. The van der Waals surface area contributed by atoms with Crippen molar-refractivity contribution < 1.29 is 18.3 Å². The van der Waals surface area contributed by atoms with E-state index in [0.29, 0.717) is 5.56 Å². The molecule has 0 aliphatic carbocycles. The zero-order valence-corrected chi connectivity index (χ0v) is 9.72. The Morgan fingerprint density at radius 3 is 2.79 bits per heavy atom. The van der Waals surface area contributed by atoms with Crippen LogP contribution in [0.2, 0.25) is 0 Å². The lowest BCUT2D eigenvalue weighted by Gasteiger charge is -2.05. The molecule has 100 valence electrons. The minimum atomic E-state index is -0.988. The van der Waals surface area contributed by atoms with Gasteiger partial charge < -0.3 is 10.5 Å². The summed E-state index contributed by atoms with van der Waals surface area (Å²) in [7, 11) is 0. The molecule has 0 fully saturated rings. The number of hydrogen-bond acceptors (Lipinski definition) is 5. The van der Waals surface area contributed by atoms with Crippen molar-refractivity contribution in [3.63, 3.8) is 0 Å². The van der Waals surface area contributed by atoms with Gasteiger partial charge in [0.1, 0.15) is 19.5 Å². The number of halogens is 2. The molecule has 0 radical (unpaired) electrons. The Morgan fingerprint density at radius 1 is 1.37 bits per heavy atom. The van der Waals surface area contributed by atoms with Gasteiger partial charge in [0, 0.05) is 0 Å². The van der Waals surface area contributed by atoms with Crippen LogP contribution in [-0.4, -0.2) is 20.7 Å². The van der Waals surface area contributed by atoms with Crippen LogP contribution in [0, 0.1) is 11.6 Å². The topological polar surface area (TPSA) is 83.0 Å². The lowest BCUT2D eigenvalue weighted by molar-refractivity contribution is -0.145. The number of nitrogen functional groups attached to an aromatic ring is 1. The SMILES string of the molecule is Nc1ncn(CC(=O)OCc2ccc(F)c(F)c2)n1. The van der Waals surface area contributed by atoms with Crippen molar-refractivity contribution >= 4 is 11.9 Å². The molecule has 0 aliphatic heterocycles. The number of carbonyl (C=O) groups is 1. The molecule has 2 N–H and O–H groups in total. The summed E-state index contributed by atoms with van der Waals surface area (Å²) in [4.78, 5) is 15.1. The van der Waals surface area contributed by atoms with E-state index in [-0.39, 0.29) is 19.1 Å². The Kier molecular flexibility index (Phi) is 3.69. The summed E-state index contributed by atoms with van der Waals surface area (Å²) in [6.07, 6.45) is 1.29. The predicted octanol–water partition coefficient (Wildman–Crippen LogP) is 0.882. The third kappa shape index (κ3) is 3.47. The molecule has 6 nitrogen and oxygen atoms in total. The molecule has 1 aromatic carbocycles. The van der Waals surface area contributed by atoms with E-state index >= 15 is 0 Å². The van der Waals surface area contributed by atoms with Gasteiger partial charge in [0.05, 0.1) is 0 Å². The number of nitrogens with two attached hydrogens (primary N) is 1. The molecule has 0 atom stereocenters. The summed E-state index contributed by atoms with van der Waals surface area (Å²) < 4.78 is 31.7. The van der Waals surface area contributed by atoms with Crippen molar-refractivity contribution in [2.75, 3.05) is 5.73 Å². The highest BCUT2D eigenvalue weighted by Crippen LogP contribution is 2.09. The largest absolute Gasteiger partial charge is 0.459 e. The molecule has 0 amide bonds. The van der Waals surface area contributed by atoms with Gasteiger partial charge in [0.2, 0.25) is 5.95 Å². The van der Waals surface area contributed by atoms with Crippen molar-refractivity contribution in [1.82, 2.24) is 14.8 Å². The van der Waals surface area contributed by atoms with E-state index in [0.717, 1.165) is 12.1 Å². The van der Waals surface area contributed by atoms with Crippen molar-refractivity contribution in [1.29, 1.82) is 0 Å². The summed E-state index contributed by atoms with van der Waals surface area (Å²) in [6, 6.07) is 3.27. The average Bonchev–Trinajstić information content (AvgIpc) is 2.76. The van der Waals surface area contributed by atoms with Gasteiger partial charge in [0.15, 0.2) is 11.6 Å². The van der Waals surface area contributed by atoms with Gasteiger partial charge in [-0.1, -0.05) is 6.07 Å². The second kappa shape index (κ2) is 5.42. The molecule has 0 saturated carbocycles. The van der Waals surface area contributed by atoms with Crippen LogP contribution in [0.4, 0.5) is 14.7 Å². The van der Waals surface area contributed by atoms with Crippen LogP contribution in [0.5, 0.6) is 0 Å². The Balaban J connectivity index is 1.88. The van der Waals surface area contributed by atoms with Crippen LogP contribution >= 0.6 is 0 Å². The zero-order valence-electron chi connectivity index (χ0n) is 9.72. The summed E-state index contributed by atoms with van der Waals surface area (Å²) in [6.45, 7) is -0.311. The number of aromatic nitrogens is 3. The second-order valence-corrected chi connectivity index (χ2v) is 3.71. The normalized spacial score (nSPS) is 10.4. The molecular weight excluding hydrogens is 258 g/mol. The molecule has 19 heavy (non-hydrogen) atoms. The maximum Gasteiger partial charge on any atom is 0.328 e. The molecule has 0 saturated heterocycles. The van der Waals surface area contributed by atoms with E-state index in [4.69, 9.17) is 10.5 Å². The Morgan fingerprint density at radius 2 is 2.16 bits per heavy atom. The van der Waals surface area contributed by atoms with Crippen molar-refractivity contribution in [2.24, 2.45) is 0 Å². The van der Waals surface area contributed by atoms with Gasteiger partial charge in [-0.15, -0.1) is 5.10 Å². The molecule has 1 aromatic heterocycles. The molecule has 0 bridgehead atoms. The van der Waals surface area contributed by atoms with E-state index in [9.17, 15) is 13.6 Å². The summed E-state index contributed by atoms with van der Waals surface area (Å²) in [5.74, 6) is -2.48. The Labute approximate surface area is 106 Å². The van der Waals surface area contributed by atoms with Gasteiger partial charge >= 0.3 is 5.97 Å². The number of carbonyl (C=O) groups excluding carboxylic acids is 1. The van der Waals surface area contributed by atoms with Crippen molar-refractivity contribution in [3.05, 3.63) is 41.7 Å². The predicted molar refractivity (Wildman–Crippen MR) is 60.6 cm³/mol. The number of rotatable bonds is 4. The first-order valence-corrected chi connectivity index (χ1v) is 5.29. The number of benzene rings is 1. The monoisotopic (exact) mass is 268 g/mol. The van der Waals surface area contributed by atoms with Gasteiger partial charge in [-0.05, 0) is 17.7 Å². The fraction of sp³-hybridized carbons (Fsp3) is 0.182. The molecule has 0 aliphatic rings. The van der Waals surface area contributed by atoms with E-state index < -0.39 is 17.6 Å². The fourth-order valence-electron chi connectivity index (χ4n) is 1.36. The van der Waals surface area contributed by atoms with Crippen LogP contribution in [0.1, 0.15) is 5.56 Å². The standard InChI is InChI=1S/C11H10F2N4O2/c12-8-2-1-7(3-9(8)13)5-19-10(18)4-17-6-15-11(14)16-17/h1-3,6H,4-5H2,(H2,14,16). The summed E-state index contributed by atoms with van der Waals surface area (Å²) in [5.41, 5.74) is 5.63. The van der Waals surface area contributed by atoms with Gasteiger partial charge in [-0.25, -0.2) is 18.4 Å². The minimum Gasteiger partial charge on any atom is -0.459 e. The van der Waals surface area contributed by atoms with Crippen molar-refractivity contribution in [2.45, 2.75) is 13.2 Å². The Hall–Kier alpha value is -2.51. The highest BCUT2D eigenvalue weighted by atomic mass is 19.2. The van der Waals surface area contributed by atoms with Crippen molar-refractivity contribution in [3.8, 4) is 0 Å². The first-order valence-electron chi connectivity index (χ1n) is 5.29. The first kappa shape index (κ1) is 12.9. The van der Waals surface area contributed by atoms with Gasteiger partial charge in [-0.2, -0.15) is 0 Å². The lowest BCUT2D eigenvalue weighted by Crippen LogP contribution is -2.14. The highest BCUT2D eigenvalue weighted by molar-refractivity contribution is 5.69. The van der Waals surface area contributed by atoms with E-state index in [2.05, 4.69) is 10.1 Å². The number of nitrogens with zero attached hydrogens (tertiary/aromatic N) is 3. The minimum absolute atomic E-state index is 0.0494. The number of hydrogen-bond donors (Lipinski definition) is 1. The van der Waals surface area contributed by atoms with Gasteiger partial charge in [0.25, 0.3) is 0 Å². The fourth-order valence-corrected chi connectivity index (χ4v) is 1.36. The van der Waals surface area contributed by atoms with Crippen LogP contribution in [-0.2, 0) is 22.7 Å². The van der Waals surface area contributed by atoms with E-state index in [1.165, 1.54) is 17.1 Å². The van der Waals surface area contributed by atoms with Gasteiger partial charge in [-0.3, -0.25) is 4.79 Å². The molecule has 8 heteroatoms. The summed E-state index contributed by atoms with van der Waals surface area (Å²) in [5, 5.41) is 3.70. The quantitative estimate of drug-likeness (QED) is 0.832. The molecule has 0 spiro atoms. The molecule has 2 aromatic rings. The molecule has 2 rings (SSSR count).